The van der Waals surface area contributed by atoms with E-state index in [0.717, 1.165) is 30.3 Å². The van der Waals surface area contributed by atoms with Crippen LogP contribution in [0.15, 0.2) is 42.7 Å². The third kappa shape index (κ3) is 4.06. The maximum atomic E-state index is 12.4. The number of pyridine rings is 1. The third-order valence-electron chi connectivity index (χ3n) is 4.53. The van der Waals surface area contributed by atoms with Gasteiger partial charge in [-0.05, 0) is 36.5 Å². The Balaban J connectivity index is 1.65. The van der Waals surface area contributed by atoms with Crippen molar-refractivity contribution in [1.29, 1.82) is 0 Å². The van der Waals surface area contributed by atoms with Gasteiger partial charge in [0.25, 0.3) is 5.91 Å². The minimum Gasteiger partial charge on any atom is -0.370 e. The molecule has 24 heavy (non-hydrogen) atoms. The van der Waals surface area contributed by atoms with E-state index in [4.69, 9.17) is 11.6 Å². The van der Waals surface area contributed by atoms with E-state index in [-0.39, 0.29) is 5.91 Å². The molecule has 1 aliphatic rings. The van der Waals surface area contributed by atoms with Crippen LogP contribution in [0, 0.1) is 5.92 Å². The predicted molar refractivity (Wildman–Crippen MR) is 97.5 cm³/mol. The Hall–Kier alpha value is -2.07. The lowest BCUT2D eigenvalue weighted by Crippen LogP contribution is -2.33. The van der Waals surface area contributed by atoms with Gasteiger partial charge in [-0.15, -0.1) is 0 Å². The molecule has 0 unspecified atom stereocenters. The number of aromatic nitrogens is 1. The maximum absolute atomic E-state index is 12.4. The molecule has 4 nitrogen and oxygen atoms in total. The molecular formula is C19H22ClN3O. The van der Waals surface area contributed by atoms with Crippen LogP contribution in [0.25, 0.3) is 0 Å². The molecule has 1 N–H and O–H groups in total. The highest BCUT2D eigenvalue weighted by molar-refractivity contribution is 6.31. The summed E-state index contributed by atoms with van der Waals surface area (Å²) in [4.78, 5) is 19.0. The molecule has 0 bridgehead atoms. The van der Waals surface area contributed by atoms with Crippen LogP contribution in [0.1, 0.15) is 35.7 Å². The van der Waals surface area contributed by atoms with Crippen molar-refractivity contribution in [1.82, 2.24) is 10.3 Å². The minimum atomic E-state index is -0.130. The molecule has 1 fully saturated rings. The van der Waals surface area contributed by atoms with E-state index in [9.17, 15) is 4.79 Å². The fraction of sp³-hybridized carbons (Fsp3) is 0.368. The van der Waals surface area contributed by atoms with Crippen LogP contribution < -0.4 is 10.2 Å². The first-order chi connectivity index (χ1) is 11.6. The first-order valence-corrected chi connectivity index (χ1v) is 8.73. The number of hydrogen-bond donors (Lipinski definition) is 1. The second-order valence-corrected chi connectivity index (χ2v) is 6.78. The van der Waals surface area contributed by atoms with Crippen molar-refractivity contribution < 1.29 is 4.79 Å². The van der Waals surface area contributed by atoms with Crippen LogP contribution in [0.3, 0.4) is 0 Å². The molecule has 2 aromatic rings. The number of piperidine rings is 1. The van der Waals surface area contributed by atoms with Crippen LogP contribution >= 0.6 is 11.6 Å². The van der Waals surface area contributed by atoms with Gasteiger partial charge in [0.2, 0.25) is 0 Å². The summed E-state index contributed by atoms with van der Waals surface area (Å²) >= 11 is 6.12. The van der Waals surface area contributed by atoms with Crippen LogP contribution in [0.2, 0.25) is 5.02 Å². The Morgan fingerprint density at radius 3 is 2.79 bits per heavy atom. The van der Waals surface area contributed by atoms with E-state index < -0.39 is 0 Å². The average molecular weight is 344 g/mol. The molecule has 1 aliphatic heterocycles. The number of nitrogens with one attached hydrogen (secondary N) is 1. The molecule has 0 atom stereocenters. The summed E-state index contributed by atoms with van der Waals surface area (Å²) in [7, 11) is 0. The lowest BCUT2D eigenvalue weighted by atomic mass is 9.99. The van der Waals surface area contributed by atoms with E-state index in [1.54, 1.807) is 6.20 Å². The van der Waals surface area contributed by atoms with E-state index in [0.29, 0.717) is 17.1 Å². The highest BCUT2D eigenvalue weighted by Crippen LogP contribution is 2.23. The molecule has 0 aliphatic carbocycles. The van der Waals surface area contributed by atoms with Crippen molar-refractivity contribution in [3.8, 4) is 0 Å². The van der Waals surface area contributed by atoms with Crippen molar-refractivity contribution in [2.75, 3.05) is 18.0 Å². The SMILES string of the molecule is CC1CCN(c2cncc(C(=O)NCc3ccccc3Cl)c2)CC1. The molecule has 1 aromatic carbocycles. The van der Waals surface area contributed by atoms with Crippen molar-refractivity contribution in [3.05, 3.63) is 58.9 Å². The van der Waals surface area contributed by atoms with Crippen LogP contribution in [-0.4, -0.2) is 24.0 Å². The van der Waals surface area contributed by atoms with Gasteiger partial charge in [0, 0.05) is 30.9 Å². The van der Waals surface area contributed by atoms with Crippen LogP contribution in [0.5, 0.6) is 0 Å². The zero-order valence-electron chi connectivity index (χ0n) is 13.8. The van der Waals surface area contributed by atoms with Gasteiger partial charge in [0.1, 0.15) is 0 Å². The molecule has 2 heterocycles. The smallest absolute Gasteiger partial charge is 0.253 e. The largest absolute Gasteiger partial charge is 0.370 e. The molecule has 0 saturated carbocycles. The molecule has 1 aromatic heterocycles. The summed E-state index contributed by atoms with van der Waals surface area (Å²) < 4.78 is 0. The van der Waals surface area contributed by atoms with Crippen molar-refractivity contribution in [2.45, 2.75) is 26.3 Å². The highest BCUT2D eigenvalue weighted by Gasteiger charge is 2.17. The standard InChI is InChI=1S/C19H22ClN3O/c1-14-6-8-23(9-7-14)17-10-16(11-21-13-17)19(24)22-12-15-4-2-3-5-18(15)20/h2-5,10-11,13-14H,6-9,12H2,1H3,(H,22,24). The fourth-order valence-electron chi connectivity index (χ4n) is 2.91. The van der Waals surface area contributed by atoms with Crippen molar-refractivity contribution in [3.63, 3.8) is 0 Å². The Bertz CT molecular complexity index is 711. The second-order valence-electron chi connectivity index (χ2n) is 6.38. The number of anilines is 1. The van der Waals surface area contributed by atoms with Gasteiger partial charge in [0.05, 0.1) is 17.4 Å². The van der Waals surface area contributed by atoms with Gasteiger partial charge in [-0.2, -0.15) is 0 Å². The second kappa shape index (κ2) is 7.67. The van der Waals surface area contributed by atoms with Gasteiger partial charge in [0.15, 0.2) is 0 Å². The number of benzene rings is 1. The summed E-state index contributed by atoms with van der Waals surface area (Å²) in [5, 5.41) is 3.57. The first kappa shape index (κ1) is 16.8. The molecule has 1 saturated heterocycles. The van der Waals surface area contributed by atoms with Gasteiger partial charge in [-0.1, -0.05) is 36.7 Å². The normalized spacial score (nSPS) is 15.3. The Morgan fingerprint density at radius 2 is 2.04 bits per heavy atom. The van der Waals surface area contributed by atoms with Gasteiger partial charge >= 0.3 is 0 Å². The Labute approximate surface area is 147 Å². The molecule has 5 heteroatoms. The number of carbonyl (C=O) groups excluding carboxylic acids is 1. The van der Waals surface area contributed by atoms with E-state index >= 15 is 0 Å². The topological polar surface area (TPSA) is 45.2 Å². The molecule has 3 rings (SSSR count). The minimum absolute atomic E-state index is 0.130. The molecule has 126 valence electrons. The van der Waals surface area contributed by atoms with Gasteiger partial charge in [-0.25, -0.2) is 0 Å². The Kier molecular flexibility index (Phi) is 5.36. The molecule has 0 spiro atoms. The lowest BCUT2D eigenvalue weighted by Gasteiger charge is -2.32. The number of halogens is 1. The van der Waals surface area contributed by atoms with E-state index in [1.807, 2.05) is 36.5 Å². The van der Waals surface area contributed by atoms with Gasteiger partial charge in [-0.3, -0.25) is 9.78 Å². The lowest BCUT2D eigenvalue weighted by molar-refractivity contribution is 0.0950. The van der Waals surface area contributed by atoms with Crippen LogP contribution in [-0.2, 0) is 6.54 Å². The molecular weight excluding hydrogens is 322 g/mol. The molecule has 1 amide bonds. The predicted octanol–water partition coefficient (Wildman–Crippen LogP) is 3.90. The zero-order chi connectivity index (χ0) is 16.9. The quantitative estimate of drug-likeness (QED) is 0.915. The van der Waals surface area contributed by atoms with Crippen molar-refractivity contribution in [2.24, 2.45) is 5.92 Å². The first-order valence-electron chi connectivity index (χ1n) is 8.35. The third-order valence-corrected chi connectivity index (χ3v) is 4.90. The zero-order valence-corrected chi connectivity index (χ0v) is 14.6. The number of nitrogens with zero attached hydrogens (tertiary/aromatic N) is 2. The highest BCUT2D eigenvalue weighted by atomic mass is 35.5. The van der Waals surface area contributed by atoms with E-state index in [1.165, 1.54) is 12.8 Å². The van der Waals surface area contributed by atoms with E-state index in [2.05, 4.69) is 22.1 Å². The summed E-state index contributed by atoms with van der Waals surface area (Å²) in [6, 6.07) is 9.44. The number of hydrogen-bond acceptors (Lipinski definition) is 3. The number of rotatable bonds is 4. The number of amides is 1. The summed E-state index contributed by atoms with van der Waals surface area (Å²) in [5.41, 5.74) is 2.51. The fourth-order valence-corrected chi connectivity index (χ4v) is 3.11. The Morgan fingerprint density at radius 1 is 1.29 bits per heavy atom. The van der Waals surface area contributed by atoms with Crippen LogP contribution in [0.4, 0.5) is 5.69 Å². The molecule has 0 radical (unpaired) electrons. The maximum Gasteiger partial charge on any atom is 0.253 e. The summed E-state index contributed by atoms with van der Waals surface area (Å²) in [6.07, 6.45) is 5.81. The summed E-state index contributed by atoms with van der Waals surface area (Å²) in [6.45, 7) is 4.74. The summed E-state index contributed by atoms with van der Waals surface area (Å²) in [5.74, 6) is 0.644. The average Bonchev–Trinajstić information content (AvgIpc) is 2.61. The van der Waals surface area contributed by atoms with Gasteiger partial charge < -0.3 is 10.2 Å². The van der Waals surface area contributed by atoms with Crippen molar-refractivity contribution >= 4 is 23.2 Å². The monoisotopic (exact) mass is 343 g/mol. The number of carbonyl (C=O) groups is 1.